The number of fused-ring (bicyclic) bond motifs is 1. The van der Waals surface area contributed by atoms with Crippen LogP contribution < -0.4 is 10.5 Å². The second-order valence-corrected chi connectivity index (χ2v) is 5.16. The Labute approximate surface area is 127 Å². The van der Waals surface area contributed by atoms with E-state index >= 15 is 0 Å². The Morgan fingerprint density at radius 3 is 2.65 bits per heavy atom. The molecule has 1 unspecified atom stereocenters. The predicted molar refractivity (Wildman–Crippen MR) is 71.2 cm³/mol. The topological polar surface area (TPSA) is 65.2 Å². The van der Waals surface area contributed by atoms with E-state index in [4.69, 9.17) is 5.73 Å². The summed E-state index contributed by atoms with van der Waals surface area (Å²) < 4.78 is 54.0. The van der Waals surface area contributed by atoms with E-state index in [2.05, 4.69) is 9.72 Å². The second-order valence-electron chi connectivity index (χ2n) is 5.16. The molecule has 0 bridgehead atoms. The number of Topliss-reactive ketones (excluding diaryl/α,β-unsaturated/α-hetero) is 1. The number of alkyl halides is 3. The van der Waals surface area contributed by atoms with Gasteiger partial charge in [-0.15, -0.1) is 13.2 Å². The van der Waals surface area contributed by atoms with Crippen molar-refractivity contribution in [2.24, 2.45) is 5.73 Å². The molecule has 23 heavy (non-hydrogen) atoms. The molecule has 8 heteroatoms. The minimum Gasteiger partial charge on any atom is -0.403 e. The first-order valence-corrected chi connectivity index (χ1v) is 6.54. The molecule has 1 aliphatic carbocycles. The van der Waals surface area contributed by atoms with Crippen LogP contribution in [0.1, 0.15) is 28.0 Å². The highest BCUT2D eigenvalue weighted by molar-refractivity contribution is 6.02. The van der Waals surface area contributed by atoms with Crippen LogP contribution in [0.15, 0.2) is 36.5 Å². The van der Waals surface area contributed by atoms with Gasteiger partial charge in [0.1, 0.15) is 0 Å². The highest BCUT2D eigenvalue weighted by atomic mass is 19.4. The fourth-order valence-electron chi connectivity index (χ4n) is 2.64. The summed E-state index contributed by atoms with van der Waals surface area (Å²) in [5.74, 6) is -2.44. The number of ether oxygens (including phenoxy) is 1. The van der Waals surface area contributed by atoms with E-state index in [9.17, 15) is 22.4 Å². The fourth-order valence-corrected chi connectivity index (χ4v) is 2.64. The standard InChI is InChI=1S/C15H10F4N2O2/c16-10-6-8(3-4-12(10)23-15(17,18)19)14(20)7-11(22)9-2-1-5-21-13(9)14/h1-6H,7,20H2. The lowest BCUT2D eigenvalue weighted by Crippen LogP contribution is -2.36. The van der Waals surface area contributed by atoms with Crippen molar-refractivity contribution in [2.75, 3.05) is 0 Å². The van der Waals surface area contributed by atoms with Crippen molar-refractivity contribution in [3.63, 3.8) is 0 Å². The molecule has 0 radical (unpaired) electrons. The van der Waals surface area contributed by atoms with Gasteiger partial charge in [0.25, 0.3) is 0 Å². The van der Waals surface area contributed by atoms with Gasteiger partial charge in [-0.25, -0.2) is 4.39 Å². The predicted octanol–water partition coefficient (Wildman–Crippen LogP) is 2.91. The van der Waals surface area contributed by atoms with E-state index in [0.717, 1.165) is 12.1 Å². The van der Waals surface area contributed by atoms with Gasteiger partial charge >= 0.3 is 6.36 Å². The number of aromatic nitrogens is 1. The molecular weight excluding hydrogens is 316 g/mol. The first-order chi connectivity index (χ1) is 10.7. The monoisotopic (exact) mass is 326 g/mol. The van der Waals surface area contributed by atoms with Gasteiger partial charge in [0.05, 0.1) is 11.2 Å². The van der Waals surface area contributed by atoms with Crippen molar-refractivity contribution in [2.45, 2.75) is 18.3 Å². The number of rotatable bonds is 2. The van der Waals surface area contributed by atoms with Crippen LogP contribution in [0.4, 0.5) is 17.6 Å². The zero-order valence-electron chi connectivity index (χ0n) is 11.5. The Kier molecular flexibility index (Phi) is 3.36. The van der Waals surface area contributed by atoms with Crippen molar-refractivity contribution in [1.82, 2.24) is 4.98 Å². The first-order valence-electron chi connectivity index (χ1n) is 6.54. The van der Waals surface area contributed by atoms with E-state index < -0.39 is 23.5 Å². The maximum absolute atomic E-state index is 13.9. The van der Waals surface area contributed by atoms with Gasteiger partial charge in [0.2, 0.25) is 0 Å². The number of nitrogens with two attached hydrogens (primary N) is 1. The Morgan fingerprint density at radius 2 is 2.00 bits per heavy atom. The summed E-state index contributed by atoms with van der Waals surface area (Å²) in [7, 11) is 0. The van der Waals surface area contributed by atoms with E-state index in [1.807, 2.05) is 0 Å². The molecule has 120 valence electrons. The molecule has 0 fully saturated rings. The Morgan fingerprint density at radius 1 is 1.26 bits per heavy atom. The number of carbonyl (C=O) groups excluding carboxylic acids is 1. The third kappa shape index (κ3) is 2.65. The summed E-state index contributed by atoms with van der Waals surface area (Å²) in [5.41, 5.74) is 5.58. The lowest BCUT2D eigenvalue weighted by Gasteiger charge is -2.24. The summed E-state index contributed by atoms with van der Waals surface area (Å²) in [6.07, 6.45) is -3.70. The number of nitrogens with zero attached hydrogens (tertiary/aromatic N) is 1. The summed E-state index contributed by atoms with van der Waals surface area (Å²) in [4.78, 5) is 16.1. The smallest absolute Gasteiger partial charge is 0.403 e. The lowest BCUT2D eigenvalue weighted by molar-refractivity contribution is -0.275. The quantitative estimate of drug-likeness (QED) is 0.862. The summed E-state index contributed by atoms with van der Waals surface area (Å²) in [6, 6.07) is 5.98. The molecule has 0 saturated carbocycles. The van der Waals surface area contributed by atoms with E-state index in [1.165, 1.54) is 12.3 Å². The molecular formula is C15H10F4N2O2. The van der Waals surface area contributed by atoms with Crippen molar-refractivity contribution in [3.8, 4) is 5.75 Å². The highest BCUT2D eigenvalue weighted by Gasteiger charge is 2.43. The van der Waals surface area contributed by atoms with Crippen LogP contribution in [0.3, 0.4) is 0 Å². The van der Waals surface area contributed by atoms with Gasteiger partial charge in [0.15, 0.2) is 17.3 Å². The van der Waals surface area contributed by atoms with Gasteiger partial charge in [-0.2, -0.15) is 0 Å². The molecule has 2 N–H and O–H groups in total. The Balaban J connectivity index is 2.03. The van der Waals surface area contributed by atoms with Crippen LogP contribution in [0.5, 0.6) is 5.75 Å². The van der Waals surface area contributed by atoms with Gasteiger partial charge in [-0.1, -0.05) is 6.07 Å². The summed E-state index contributed by atoms with van der Waals surface area (Å²) in [5, 5.41) is 0. The SMILES string of the molecule is NC1(c2ccc(OC(F)(F)F)c(F)c2)CC(=O)c2cccnc21. The molecule has 1 aliphatic rings. The summed E-state index contributed by atoms with van der Waals surface area (Å²) in [6.45, 7) is 0. The van der Waals surface area contributed by atoms with Crippen molar-refractivity contribution in [1.29, 1.82) is 0 Å². The minimum atomic E-state index is -5.00. The Hall–Kier alpha value is -2.48. The van der Waals surface area contributed by atoms with Gasteiger partial charge in [0, 0.05) is 18.2 Å². The number of halogens is 4. The molecule has 4 nitrogen and oxygen atoms in total. The van der Waals surface area contributed by atoms with Gasteiger partial charge in [-0.05, 0) is 29.8 Å². The molecule has 1 aromatic heterocycles. The normalized spacial score (nSPS) is 20.5. The molecule has 2 aromatic rings. The summed E-state index contributed by atoms with van der Waals surface area (Å²) >= 11 is 0. The minimum absolute atomic E-state index is 0.141. The molecule has 1 atom stereocenters. The largest absolute Gasteiger partial charge is 0.573 e. The molecule has 0 spiro atoms. The van der Waals surface area contributed by atoms with Crippen LogP contribution in [-0.2, 0) is 5.54 Å². The first kappa shape index (κ1) is 15.4. The zero-order valence-corrected chi connectivity index (χ0v) is 11.5. The molecule has 1 heterocycles. The van der Waals surface area contributed by atoms with Gasteiger partial charge < -0.3 is 10.5 Å². The second kappa shape index (κ2) is 5.02. The number of benzene rings is 1. The number of ketones is 1. The van der Waals surface area contributed by atoms with Crippen molar-refractivity contribution in [3.05, 3.63) is 59.2 Å². The zero-order chi connectivity index (χ0) is 16.8. The van der Waals surface area contributed by atoms with Crippen molar-refractivity contribution < 1.29 is 27.1 Å². The fraction of sp³-hybridized carbons (Fsp3) is 0.200. The van der Waals surface area contributed by atoms with Crippen molar-refractivity contribution >= 4 is 5.78 Å². The third-order valence-electron chi connectivity index (χ3n) is 3.64. The van der Waals surface area contributed by atoms with E-state index in [1.54, 1.807) is 12.1 Å². The third-order valence-corrected chi connectivity index (χ3v) is 3.64. The number of hydrogen-bond donors (Lipinski definition) is 1. The average molecular weight is 326 g/mol. The molecule has 1 aromatic carbocycles. The van der Waals surface area contributed by atoms with Crippen LogP contribution >= 0.6 is 0 Å². The number of carbonyl (C=O) groups is 1. The Bertz CT molecular complexity index is 791. The van der Waals surface area contributed by atoms with E-state index in [-0.39, 0.29) is 23.5 Å². The number of pyridine rings is 1. The highest BCUT2D eigenvalue weighted by Crippen LogP contribution is 2.39. The van der Waals surface area contributed by atoms with Gasteiger partial charge in [-0.3, -0.25) is 9.78 Å². The van der Waals surface area contributed by atoms with Crippen LogP contribution in [0, 0.1) is 5.82 Å². The molecule has 0 aliphatic heterocycles. The van der Waals surface area contributed by atoms with Crippen LogP contribution in [0.25, 0.3) is 0 Å². The van der Waals surface area contributed by atoms with Crippen LogP contribution in [0.2, 0.25) is 0 Å². The maximum atomic E-state index is 13.9. The molecule has 3 rings (SSSR count). The lowest BCUT2D eigenvalue weighted by atomic mass is 9.88. The average Bonchev–Trinajstić information content (AvgIpc) is 2.73. The molecule has 0 saturated heterocycles. The van der Waals surface area contributed by atoms with Crippen LogP contribution in [-0.4, -0.2) is 17.1 Å². The molecule has 0 amide bonds. The maximum Gasteiger partial charge on any atom is 0.573 e. The van der Waals surface area contributed by atoms with E-state index in [0.29, 0.717) is 5.56 Å². The number of hydrogen-bond acceptors (Lipinski definition) is 4.